The van der Waals surface area contributed by atoms with Gasteiger partial charge in [0.05, 0.1) is 0 Å². The van der Waals surface area contributed by atoms with Crippen LogP contribution >= 0.6 is 0 Å². The van der Waals surface area contributed by atoms with Gasteiger partial charge in [-0.05, 0) is 69.3 Å². The Morgan fingerprint density at radius 2 is 1.62 bits per heavy atom. The highest BCUT2D eigenvalue weighted by Gasteiger charge is 2.11. The Hall–Kier alpha value is -3.33. The molecule has 0 aliphatic heterocycles. The third kappa shape index (κ3) is 5.11. The summed E-state index contributed by atoms with van der Waals surface area (Å²) < 4.78 is 0. The van der Waals surface area contributed by atoms with Crippen molar-refractivity contribution in [1.82, 2.24) is 5.32 Å². The Bertz CT molecular complexity index is 1230. The molecule has 1 amide bonds. The number of anilines is 1. The molecule has 0 aliphatic rings. The van der Waals surface area contributed by atoms with Gasteiger partial charge in [0.15, 0.2) is 0 Å². The van der Waals surface area contributed by atoms with Gasteiger partial charge in [-0.25, -0.2) is 0 Å². The maximum Gasteiger partial charge on any atom is 0.220 e. The number of unbranched alkanes of at least 4 members (excludes halogenated alkanes) is 3. The number of nitrogens with two attached hydrogens (primary N) is 1. The van der Waals surface area contributed by atoms with E-state index in [0.717, 1.165) is 30.3 Å². The Morgan fingerprint density at radius 3 is 2.50 bits per heavy atom. The molecule has 3 N–H and O–H groups in total. The van der Waals surface area contributed by atoms with E-state index in [4.69, 9.17) is 5.73 Å². The minimum absolute atomic E-state index is 0.159. The van der Waals surface area contributed by atoms with Crippen LogP contribution in [0, 0.1) is 0 Å². The smallest absolute Gasteiger partial charge is 0.220 e. The molecule has 0 spiro atoms. The van der Waals surface area contributed by atoms with Crippen molar-refractivity contribution in [2.75, 3.05) is 12.3 Å². The van der Waals surface area contributed by atoms with E-state index >= 15 is 0 Å². The van der Waals surface area contributed by atoms with Gasteiger partial charge < -0.3 is 11.1 Å². The minimum atomic E-state index is 0.159. The van der Waals surface area contributed by atoms with Crippen LogP contribution in [-0.4, -0.2) is 12.5 Å². The van der Waals surface area contributed by atoms with Gasteiger partial charge in [0, 0.05) is 18.7 Å². The molecule has 164 valence electrons. The summed E-state index contributed by atoms with van der Waals surface area (Å²) in [5, 5.41) is 7.93. The van der Waals surface area contributed by atoms with Crippen LogP contribution in [0.15, 0.2) is 72.8 Å². The van der Waals surface area contributed by atoms with Crippen molar-refractivity contribution >= 4 is 33.1 Å². The highest BCUT2D eigenvalue weighted by Crippen LogP contribution is 2.33. The van der Waals surface area contributed by atoms with Gasteiger partial charge in [0.25, 0.3) is 0 Å². The Labute approximate surface area is 190 Å². The van der Waals surface area contributed by atoms with E-state index in [1.54, 1.807) is 0 Å². The lowest BCUT2D eigenvalue weighted by Gasteiger charge is -2.15. The van der Waals surface area contributed by atoms with Crippen molar-refractivity contribution in [3.63, 3.8) is 0 Å². The van der Waals surface area contributed by atoms with Crippen molar-refractivity contribution < 1.29 is 4.79 Å². The number of nitrogens with one attached hydrogen (secondary N) is 1. The first kappa shape index (κ1) is 21.9. The van der Waals surface area contributed by atoms with Crippen molar-refractivity contribution in [3.05, 3.63) is 78.4 Å². The largest absolute Gasteiger partial charge is 0.399 e. The summed E-state index contributed by atoms with van der Waals surface area (Å²) >= 11 is 0. The zero-order valence-corrected chi connectivity index (χ0v) is 18.9. The lowest BCUT2D eigenvalue weighted by Crippen LogP contribution is -2.25. The summed E-state index contributed by atoms with van der Waals surface area (Å²) in [6, 6.07) is 25.5. The first-order chi connectivity index (χ1) is 15.7. The van der Waals surface area contributed by atoms with Crippen LogP contribution in [0.25, 0.3) is 32.7 Å². The topological polar surface area (TPSA) is 55.1 Å². The van der Waals surface area contributed by atoms with Crippen molar-refractivity contribution in [2.45, 2.75) is 45.4 Å². The van der Waals surface area contributed by atoms with Gasteiger partial charge >= 0.3 is 0 Å². The molecule has 0 saturated carbocycles. The Balaban J connectivity index is 1.59. The third-order valence-corrected chi connectivity index (χ3v) is 6.17. The molecular formula is C29H32N2O. The summed E-state index contributed by atoms with van der Waals surface area (Å²) in [4.78, 5) is 12.3. The number of fused-ring (bicyclic) bond motifs is 2. The fourth-order valence-electron chi connectivity index (χ4n) is 4.44. The molecular weight excluding hydrogens is 392 g/mol. The summed E-state index contributed by atoms with van der Waals surface area (Å²) in [6.45, 7) is 2.84. The molecule has 0 aliphatic carbocycles. The standard InChI is InChI=1S/C29H32N2O/c1-2-3-4-5-10-29(32)31-18-17-28-26-9-7-6-8-21(26)14-16-27(28)24-12-11-23-20-25(30)15-13-22(23)19-24/h6-9,11-16,19-20H,2-5,10,17-18,30H2,1H3,(H,31,32). The van der Waals surface area contributed by atoms with Crippen LogP contribution in [0.4, 0.5) is 5.69 Å². The van der Waals surface area contributed by atoms with E-state index in [-0.39, 0.29) is 5.91 Å². The SMILES string of the molecule is CCCCCCC(=O)NCCc1c(-c2ccc3cc(N)ccc3c2)ccc2ccccc12. The quantitative estimate of drug-likeness (QED) is 0.227. The average molecular weight is 425 g/mol. The number of amides is 1. The number of carbonyl (C=O) groups is 1. The van der Waals surface area contributed by atoms with E-state index in [1.165, 1.54) is 45.7 Å². The number of benzene rings is 4. The van der Waals surface area contributed by atoms with Crippen LogP contribution in [0.2, 0.25) is 0 Å². The fraction of sp³-hybridized carbons (Fsp3) is 0.276. The lowest BCUT2D eigenvalue weighted by atomic mass is 9.91. The van der Waals surface area contributed by atoms with Gasteiger partial charge in [-0.1, -0.05) is 80.8 Å². The van der Waals surface area contributed by atoms with E-state index < -0.39 is 0 Å². The van der Waals surface area contributed by atoms with Gasteiger partial charge in [-0.2, -0.15) is 0 Å². The number of hydrogen-bond acceptors (Lipinski definition) is 2. The molecule has 32 heavy (non-hydrogen) atoms. The molecule has 0 fully saturated rings. The minimum Gasteiger partial charge on any atom is -0.399 e. The normalized spacial score (nSPS) is 11.2. The second kappa shape index (κ2) is 10.3. The molecule has 3 nitrogen and oxygen atoms in total. The predicted octanol–water partition coefficient (Wildman–Crippen LogP) is 6.87. The number of nitrogen functional groups attached to an aromatic ring is 1. The monoisotopic (exact) mass is 424 g/mol. The maximum atomic E-state index is 12.3. The van der Waals surface area contributed by atoms with E-state index in [9.17, 15) is 4.79 Å². The molecule has 3 heteroatoms. The number of rotatable bonds is 9. The van der Waals surface area contributed by atoms with Gasteiger partial charge in [0.2, 0.25) is 5.91 Å². The van der Waals surface area contributed by atoms with Gasteiger partial charge in [-0.15, -0.1) is 0 Å². The maximum absolute atomic E-state index is 12.3. The van der Waals surface area contributed by atoms with Crippen molar-refractivity contribution in [3.8, 4) is 11.1 Å². The van der Waals surface area contributed by atoms with Gasteiger partial charge in [0.1, 0.15) is 0 Å². The highest BCUT2D eigenvalue weighted by molar-refractivity contribution is 5.95. The predicted molar refractivity (Wildman–Crippen MR) is 137 cm³/mol. The van der Waals surface area contributed by atoms with Crippen LogP contribution in [0.3, 0.4) is 0 Å². The summed E-state index contributed by atoms with van der Waals surface area (Å²) in [5.74, 6) is 0.159. The van der Waals surface area contributed by atoms with Crippen LogP contribution in [-0.2, 0) is 11.2 Å². The number of carbonyl (C=O) groups excluding carboxylic acids is 1. The lowest BCUT2D eigenvalue weighted by molar-refractivity contribution is -0.121. The molecule has 0 bridgehead atoms. The van der Waals surface area contributed by atoms with Crippen LogP contribution in [0.5, 0.6) is 0 Å². The van der Waals surface area contributed by atoms with E-state index in [0.29, 0.717) is 13.0 Å². The van der Waals surface area contributed by atoms with E-state index in [1.807, 2.05) is 12.1 Å². The van der Waals surface area contributed by atoms with Gasteiger partial charge in [-0.3, -0.25) is 4.79 Å². The summed E-state index contributed by atoms with van der Waals surface area (Å²) in [6.07, 6.45) is 5.91. The first-order valence-corrected chi connectivity index (χ1v) is 11.7. The first-order valence-electron chi connectivity index (χ1n) is 11.7. The Kier molecular flexibility index (Phi) is 7.06. The second-order valence-corrected chi connectivity index (χ2v) is 8.54. The summed E-state index contributed by atoms with van der Waals surface area (Å²) in [5.41, 5.74) is 10.4. The average Bonchev–Trinajstić information content (AvgIpc) is 2.81. The zero-order chi connectivity index (χ0) is 22.3. The van der Waals surface area contributed by atoms with Crippen LogP contribution in [0.1, 0.15) is 44.6 Å². The van der Waals surface area contributed by atoms with Crippen LogP contribution < -0.4 is 11.1 Å². The molecule has 4 rings (SSSR count). The molecule has 4 aromatic carbocycles. The van der Waals surface area contributed by atoms with E-state index in [2.05, 4.69) is 72.9 Å². The Morgan fingerprint density at radius 1 is 0.844 bits per heavy atom. The molecule has 0 unspecified atom stereocenters. The second-order valence-electron chi connectivity index (χ2n) is 8.54. The summed E-state index contributed by atoms with van der Waals surface area (Å²) in [7, 11) is 0. The third-order valence-electron chi connectivity index (χ3n) is 6.17. The number of hydrogen-bond donors (Lipinski definition) is 2. The van der Waals surface area contributed by atoms with Crippen molar-refractivity contribution in [1.29, 1.82) is 0 Å². The molecule has 0 heterocycles. The van der Waals surface area contributed by atoms with Crippen molar-refractivity contribution in [2.24, 2.45) is 0 Å². The highest BCUT2D eigenvalue weighted by atomic mass is 16.1. The molecule has 0 saturated heterocycles. The molecule has 0 aromatic heterocycles. The molecule has 4 aromatic rings. The molecule has 0 radical (unpaired) electrons. The molecule has 0 atom stereocenters. The fourth-order valence-corrected chi connectivity index (χ4v) is 4.44. The zero-order valence-electron chi connectivity index (χ0n) is 18.9.